The van der Waals surface area contributed by atoms with Crippen LogP contribution in [-0.2, 0) is 6.61 Å². The predicted octanol–water partition coefficient (Wildman–Crippen LogP) is 5.29. The van der Waals surface area contributed by atoms with E-state index in [1.54, 1.807) is 0 Å². The minimum absolute atomic E-state index is 0.530. The van der Waals surface area contributed by atoms with Crippen molar-refractivity contribution in [3.63, 3.8) is 0 Å². The molecular weight excluding hydrogens is 294 g/mol. The molecule has 0 bridgehead atoms. The largest absolute Gasteiger partial charge is 0.487 e. The Kier molecular flexibility index (Phi) is 4.40. The number of pyridine rings is 1. The molecule has 0 saturated carbocycles. The summed E-state index contributed by atoms with van der Waals surface area (Å²) in [4.78, 5) is 4.43. The lowest BCUT2D eigenvalue weighted by Gasteiger charge is -2.11. The number of hydrogen-bond acceptors (Lipinski definition) is 2. The summed E-state index contributed by atoms with van der Waals surface area (Å²) in [5.74, 6) is 0.793. The van der Waals surface area contributed by atoms with Crippen LogP contribution in [0.4, 0.5) is 0 Å². The Labute approximate surface area is 135 Å². The van der Waals surface area contributed by atoms with E-state index in [-0.39, 0.29) is 0 Å². The highest BCUT2D eigenvalue weighted by atomic mass is 35.5. The number of benzene rings is 2. The number of halogens is 1. The molecule has 1 heterocycles. The molecule has 0 aliphatic rings. The standard InChI is InChI=1S/C19H16ClNO/c1-14-19(22-13-15-6-3-2-4-7-15)11-17(12-21-14)16-8-5-9-18(20)10-16/h2-12H,13H2,1H3. The van der Waals surface area contributed by atoms with E-state index in [2.05, 4.69) is 4.98 Å². The van der Waals surface area contributed by atoms with E-state index in [9.17, 15) is 0 Å². The maximum absolute atomic E-state index is 6.06. The monoisotopic (exact) mass is 309 g/mol. The van der Waals surface area contributed by atoms with E-state index in [0.717, 1.165) is 28.1 Å². The van der Waals surface area contributed by atoms with Gasteiger partial charge in [0.25, 0.3) is 0 Å². The summed E-state index contributed by atoms with van der Waals surface area (Å²) >= 11 is 6.06. The maximum Gasteiger partial charge on any atom is 0.141 e. The lowest BCUT2D eigenvalue weighted by Crippen LogP contribution is -1.98. The van der Waals surface area contributed by atoms with Gasteiger partial charge in [-0.15, -0.1) is 0 Å². The number of rotatable bonds is 4. The molecule has 0 fully saturated rings. The first-order valence-corrected chi connectivity index (χ1v) is 7.49. The Balaban J connectivity index is 1.84. The number of hydrogen-bond donors (Lipinski definition) is 0. The molecule has 22 heavy (non-hydrogen) atoms. The third kappa shape index (κ3) is 3.46. The van der Waals surface area contributed by atoms with Crippen LogP contribution in [0.15, 0.2) is 66.9 Å². The van der Waals surface area contributed by atoms with Crippen LogP contribution < -0.4 is 4.74 Å². The fourth-order valence-electron chi connectivity index (χ4n) is 2.22. The molecule has 0 amide bonds. The Bertz CT molecular complexity index is 771. The van der Waals surface area contributed by atoms with Gasteiger partial charge in [-0.25, -0.2) is 0 Å². The van der Waals surface area contributed by atoms with Crippen LogP contribution >= 0.6 is 11.6 Å². The SMILES string of the molecule is Cc1ncc(-c2cccc(Cl)c2)cc1OCc1ccccc1. The second kappa shape index (κ2) is 6.63. The topological polar surface area (TPSA) is 22.1 Å². The zero-order valence-electron chi connectivity index (χ0n) is 12.3. The van der Waals surface area contributed by atoms with E-state index >= 15 is 0 Å². The molecule has 0 unspecified atom stereocenters. The highest BCUT2D eigenvalue weighted by molar-refractivity contribution is 6.30. The first-order valence-electron chi connectivity index (χ1n) is 7.12. The quantitative estimate of drug-likeness (QED) is 0.653. The summed E-state index contributed by atoms with van der Waals surface area (Å²) in [6, 6.07) is 19.8. The Morgan fingerprint density at radius 3 is 2.55 bits per heavy atom. The molecule has 2 nitrogen and oxygen atoms in total. The molecule has 0 radical (unpaired) electrons. The lowest BCUT2D eigenvalue weighted by molar-refractivity contribution is 0.302. The molecule has 3 rings (SSSR count). The summed E-state index contributed by atoms with van der Waals surface area (Å²) in [6.07, 6.45) is 1.84. The van der Waals surface area contributed by atoms with Crippen LogP contribution in [0.25, 0.3) is 11.1 Å². The van der Waals surface area contributed by atoms with Gasteiger partial charge in [-0.1, -0.05) is 54.1 Å². The number of nitrogens with zero attached hydrogens (tertiary/aromatic N) is 1. The number of ether oxygens (including phenoxy) is 1. The van der Waals surface area contributed by atoms with Crippen molar-refractivity contribution in [2.45, 2.75) is 13.5 Å². The van der Waals surface area contributed by atoms with E-state index in [4.69, 9.17) is 16.3 Å². The second-order valence-electron chi connectivity index (χ2n) is 5.09. The first kappa shape index (κ1) is 14.6. The van der Waals surface area contributed by atoms with E-state index in [1.807, 2.05) is 73.8 Å². The third-order valence-electron chi connectivity index (χ3n) is 3.44. The summed E-state index contributed by atoms with van der Waals surface area (Å²) in [7, 11) is 0. The van der Waals surface area contributed by atoms with Crippen molar-refractivity contribution >= 4 is 11.6 Å². The lowest BCUT2D eigenvalue weighted by atomic mass is 10.1. The van der Waals surface area contributed by atoms with Crippen LogP contribution in [0.5, 0.6) is 5.75 Å². The molecule has 0 saturated heterocycles. The second-order valence-corrected chi connectivity index (χ2v) is 5.53. The van der Waals surface area contributed by atoms with Gasteiger partial charge in [0.1, 0.15) is 12.4 Å². The van der Waals surface area contributed by atoms with Crippen LogP contribution in [0.2, 0.25) is 5.02 Å². The number of aromatic nitrogens is 1. The molecule has 0 N–H and O–H groups in total. The summed E-state index contributed by atoms with van der Waals surface area (Å²) in [5, 5.41) is 0.713. The molecule has 0 aliphatic carbocycles. The van der Waals surface area contributed by atoms with Crippen molar-refractivity contribution < 1.29 is 4.74 Å². The highest BCUT2D eigenvalue weighted by Crippen LogP contribution is 2.27. The van der Waals surface area contributed by atoms with Gasteiger partial charge < -0.3 is 4.74 Å². The molecule has 0 aliphatic heterocycles. The Hall–Kier alpha value is -2.32. The maximum atomic E-state index is 6.06. The van der Waals surface area contributed by atoms with Crippen LogP contribution in [0.1, 0.15) is 11.3 Å². The van der Waals surface area contributed by atoms with Gasteiger partial charge in [0.15, 0.2) is 0 Å². The van der Waals surface area contributed by atoms with Crippen molar-refractivity contribution in [3.8, 4) is 16.9 Å². The minimum Gasteiger partial charge on any atom is -0.487 e. The minimum atomic E-state index is 0.530. The molecule has 0 spiro atoms. The fraction of sp³-hybridized carbons (Fsp3) is 0.105. The Morgan fingerprint density at radius 2 is 1.77 bits per heavy atom. The summed E-state index contributed by atoms with van der Waals surface area (Å²) < 4.78 is 5.92. The van der Waals surface area contributed by atoms with Gasteiger partial charge in [-0.3, -0.25) is 4.98 Å². The van der Waals surface area contributed by atoms with Crippen LogP contribution in [0, 0.1) is 6.92 Å². The molecule has 1 aromatic heterocycles. The summed E-state index contributed by atoms with van der Waals surface area (Å²) in [6.45, 7) is 2.48. The average Bonchev–Trinajstić information content (AvgIpc) is 2.55. The molecule has 3 heteroatoms. The van der Waals surface area contributed by atoms with E-state index < -0.39 is 0 Å². The number of aryl methyl sites for hydroxylation is 1. The van der Waals surface area contributed by atoms with Gasteiger partial charge in [0.2, 0.25) is 0 Å². The zero-order chi connectivity index (χ0) is 15.4. The first-order chi connectivity index (χ1) is 10.7. The smallest absolute Gasteiger partial charge is 0.141 e. The van der Waals surface area contributed by atoms with Gasteiger partial charge in [-0.2, -0.15) is 0 Å². The fourth-order valence-corrected chi connectivity index (χ4v) is 2.41. The van der Waals surface area contributed by atoms with Gasteiger partial charge in [-0.05, 0) is 36.2 Å². The molecule has 3 aromatic rings. The normalized spacial score (nSPS) is 10.5. The van der Waals surface area contributed by atoms with Crippen molar-refractivity contribution in [1.82, 2.24) is 4.98 Å². The Morgan fingerprint density at radius 1 is 0.955 bits per heavy atom. The van der Waals surface area contributed by atoms with E-state index in [0.29, 0.717) is 11.6 Å². The van der Waals surface area contributed by atoms with Crippen molar-refractivity contribution in [3.05, 3.63) is 83.1 Å². The van der Waals surface area contributed by atoms with Gasteiger partial charge in [0.05, 0.1) is 5.69 Å². The van der Waals surface area contributed by atoms with Gasteiger partial charge >= 0.3 is 0 Å². The summed E-state index contributed by atoms with van der Waals surface area (Å²) in [5.41, 5.74) is 4.04. The van der Waals surface area contributed by atoms with Gasteiger partial charge in [0, 0.05) is 16.8 Å². The van der Waals surface area contributed by atoms with Crippen molar-refractivity contribution in [2.75, 3.05) is 0 Å². The molecular formula is C19H16ClNO. The average molecular weight is 310 g/mol. The van der Waals surface area contributed by atoms with Crippen LogP contribution in [-0.4, -0.2) is 4.98 Å². The molecule has 110 valence electrons. The van der Waals surface area contributed by atoms with Crippen LogP contribution in [0.3, 0.4) is 0 Å². The predicted molar refractivity (Wildman–Crippen MR) is 90.2 cm³/mol. The van der Waals surface area contributed by atoms with E-state index in [1.165, 1.54) is 0 Å². The highest BCUT2D eigenvalue weighted by Gasteiger charge is 2.06. The third-order valence-corrected chi connectivity index (χ3v) is 3.67. The van der Waals surface area contributed by atoms with Crippen molar-refractivity contribution in [2.24, 2.45) is 0 Å². The van der Waals surface area contributed by atoms with Crippen molar-refractivity contribution in [1.29, 1.82) is 0 Å². The molecule has 2 aromatic carbocycles. The zero-order valence-corrected chi connectivity index (χ0v) is 13.0. The molecule has 0 atom stereocenters.